The number of hydrazone groups is 1. The van der Waals surface area contributed by atoms with Crippen LogP contribution in [0.1, 0.15) is 43.1 Å². The van der Waals surface area contributed by atoms with E-state index in [9.17, 15) is 14.4 Å². The van der Waals surface area contributed by atoms with Crippen molar-refractivity contribution in [1.29, 1.82) is 0 Å². The Morgan fingerprint density at radius 1 is 0.769 bits per heavy atom. The number of carbonyl (C=O) groups is 3. The predicted octanol–water partition coefficient (Wildman–Crippen LogP) is 4.58. The number of amides is 2. The van der Waals surface area contributed by atoms with Gasteiger partial charge in [0, 0.05) is 5.69 Å². The molecule has 0 heterocycles. The molecule has 0 atom stereocenters. The van der Waals surface area contributed by atoms with Gasteiger partial charge in [0.05, 0.1) is 31.6 Å². The van der Waals surface area contributed by atoms with Crippen LogP contribution in [0.3, 0.4) is 0 Å². The molecule has 0 saturated heterocycles. The van der Waals surface area contributed by atoms with E-state index in [0.29, 0.717) is 53.9 Å². The van der Waals surface area contributed by atoms with Crippen LogP contribution >= 0.6 is 0 Å². The third-order valence-electron chi connectivity index (χ3n) is 5.04. The first-order valence-electron chi connectivity index (χ1n) is 12.5. The first kappa shape index (κ1) is 28.7. The van der Waals surface area contributed by atoms with Gasteiger partial charge in [-0.1, -0.05) is 6.92 Å². The van der Waals surface area contributed by atoms with Crippen LogP contribution in [0.4, 0.5) is 5.69 Å². The molecule has 2 amide bonds. The summed E-state index contributed by atoms with van der Waals surface area (Å²) >= 11 is 0. The number of nitrogens with zero attached hydrogens (tertiary/aromatic N) is 1. The van der Waals surface area contributed by atoms with Gasteiger partial charge in [0.25, 0.3) is 0 Å². The van der Waals surface area contributed by atoms with Crippen molar-refractivity contribution in [3.05, 3.63) is 77.9 Å². The van der Waals surface area contributed by atoms with Crippen molar-refractivity contribution in [2.24, 2.45) is 5.10 Å². The molecule has 39 heavy (non-hydrogen) atoms. The lowest BCUT2D eigenvalue weighted by molar-refractivity contribution is -0.136. The van der Waals surface area contributed by atoms with E-state index in [-0.39, 0.29) is 5.75 Å². The van der Waals surface area contributed by atoms with Crippen molar-refractivity contribution in [2.45, 2.75) is 27.2 Å². The minimum absolute atomic E-state index is 0.226. The van der Waals surface area contributed by atoms with Gasteiger partial charge in [-0.25, -0.2) is 10.2 Å². The molecule has 3 aromatic carbocycles. The molecule has 0 aliphatic carbocycles. The molecule has 0 unspecified atom stereocenters. The van der Waals surface area contributed by atoms with Crippen molar-refractivity contribution >= 4 is 29.7 Å². The first-order valence-corrected chi connectivity index (χ1v) is 12.5. The topological polar surface area (TPSA) is 125 Å². The van der Waals surface area contributed by atoms with E-state index in [4.69, 9.17) is 18.9 Å². The van der Waals surface area contributed by atoms with E-state index >= 15 is 0 Å². The van der Waals surface area contributed by atoms with Gasteiger partial charge >= 0.3 is 17.8 Å². The predicted molar refractivity (Wildman–Crippen MR) is 147 cm³/mol. The van der Waals surface area contributed by atoms with E-state index in [0.717, 1.165) is 6.42 Å². The van der Waals surface area contributed by atoms with Gasteiger partial charge in [-0.05, 0) is 92.6 Å². The van der Waals surface area contributed by atoms with Crippen molar-refractivity contribution in [2.75, 3.05) is 25.1 Å². The van der Waals surface area contributed by atoms with Gasteiger partial charge < -0.3 is 24.3 Å². The third-order valence-corrected chi connectivity index (χ3v) is 5.04. The standard InChI is InChI=1S/C29H31N3O7/c1-4-17-38-24-12-8-21(9-13-24)29(35)39-25-16-7-20(18-26(25)37-6-3)19-30-32-28(34)27(33)31-22-10-14-23(15-11-22)36-5-2/h7-16,18-19H,4-6,17H2,1-3H3,(H,31,33)(H,32,34)/b30-19+. The first-order chi connectivity index (χ1) is 18.9. The highest BCUT2D eigenvalue weighted by molar-refractivity contribution is 6.39. The SMILES string of the molecule is CCCOc1ccc(C(=O)Oc2ccc(/C=N/NC(=O)C(=O)Nc3ccc(OCC)cc3)cc2OCC)cc1. The lowest BCUT2D eigenvalue weighted by Gasteiger charge is -2.12. The minimum Gasteiger partial charge on any atom is -0.494 e. The number of benzene rings is 3. The summed E-state index contributed by atoms with van der Waals surface area (Å²) < 4.78 is 22.0. The normalized spacial score (nSPS) is 10.5. The lowest BCUT2D eigenvalue weighted by Crippen LogP contribution is -2.32. The molecule has 0 bridgehead atoms. The molecule has 204 valence electrons. The average Bonchev–Trinajstić information content (AvgIpc) is 2.94. The van der Waals surface area contributed by atoms with Crippen molar-refractivity contribution in [3.63, 3.8) is 0 Å². The van der Waals surface area contributed by atoms with Crippen molar-refractivity contribution in [3.8, 4) is 23.0 Å². The summed E-state index contributed by atoms with van der Waals surface area (Å²) in [6.07, 6.45) is 2.22. The Kier molecular flexibility index (Phi) is 10.9. The van der Waals surface area contributed by atoms with Gasteiger partial charge in [0.1, 0.15) is 11.5 Å². The highest BCUT2D eigenvalue weighted by Crippen LogP contribution is 2.29. The zero-order valence-electron chi connectivity index (χ0n) is 22.1. The smallest absolute Gasteiger partial charge is 0.343 e. The summed E-state index contributed by atoms with van der Waals surface area (Å²) in [4.78, 5) is 36.9. The fourth-order valence-corrected chi connectivity index (χ4v) is 3.23. The van der Waals surface area contributed by atoms with E-state index in [1.807, 2.05) is 13.8 Å². The average molecular weight is 534 g/mol. The van der Waals surface area contributed by atoms with Crippen LogP contribution in [-0.4, -0.2) is 43.8 Å². The molecule has 2 N–H and O–H groups in total. The number of anilines is 1. The molecule has 0 radical (unpaired) electrons. The van der Waals surface area contributed by atoms with Crippen LogP contribution in [0.2, 0.25) is 0 Å². The van der Waals surface area contributed by atoms with E-state index < -0.39 is 17.8 Å². The van der Waals surface area contributed by atoms with Crippen LogP contribution in [0, 0.1) is 0 Å². The van der Waals surface area contributed by atoms with Crippen molar-refractivity contribution < 1.29 is 33.3 Å². The molecule has 3 rings (SSSR count). The molecule has 0 aliphatic rings. The fourth-order valence-electron chi connectivity index (χ4n) is 3.23. The summed E-state index contributed by atoms with van der Waals surface area (Å²) in [6.45, 7) is 7.13. The molecule has 0 fully saturated rings. The minimum atomic E-state index is -0.943. The maximum Gasteiger partial charge on any atom is 0.343 e. The van der Waals surface area contributed by atoms with Crippen LogP contribution < -0.4 is 29.7 Å². The second kappa shape index (κ2) is 14.8. The summed E-state index contributed by atoms with van der Waals surface area (Å²) in [5.41, 5.74) is 3.52. The summed E-state index contributed by atoms with van der Waals surface area (Å²) in [7, 11) is 0. The number of rotatable bonds is 12. The Morgan fingerprint density at radius 3 is 2.10 bits per heavy atom. The van der Waals surface area contributed by atoms with E-state index in [2.05, 4.69) is 15.8 Å². The quantitative estimate of drug-likeness (QED) is 0.115. The molecular formula is C29H31N3O7. The third kappa shape index (κ3) is 8.89. The second-order valence-corrected chi connectivity index (χ2v) is 8.01. The lowest BCUT2D eigenvalue weighted by atomic mass is 10.2. The van der Waals surface area contributed by atoms with Crippen molar-refractivity contribution in [1.82, 2.24) is 5.43 Å². The Balaban J connectivity index is 1.58. The molecule has 10 nitrogen and oxygen atoms in total. The number of carbonyl (C=O) groups excluding carboxylic acids is 3. The van der Waals surface area contributed by atoms with E-state index in [1.165, 1.54) is 6.21 Å². The number of nitrogens with one attached hydrogen (secondary N) is 2. The van der Waals surface area contributed by atoms with Crippen LogP contribution in [-0.2, 0) is 9.59 Å². The monoisotopic (exact) mass is 533 g/mol. The summed E-state index contributed by atoms with van der Waals surface area (Å²) in [5.74, 6) is -0.497. The molecule has 0 saturated carbocycles. The Bertz CT molecular complexity index is 1290. The largest absolute Gasteiger partial charge is 0.494 e. The van der Waals surface area contributed by atoms with Crippen LogP contribution in [0.25, 0.3) is 0 Å². The zero-order chi connectivity index (χ0) is 28.0. The Morgan fingerprint density at radius 2 is 1.44 bits per heavy atom. The maximum absolute atomic E-state index is 12.6. The van der Waals surface area contributed by atoms with Gasteiger partial charge in [-0.2, -0.15) is 5.10 Å². The maximum atomic E-state index is 12.6. The van der Waals surface area contributed by atoms with Crippen LogP contribution in [0.5, 0.6) is 23.0 Å². The van der Waals surface area contributed by atoms with Gasteiger partial charge in [-0.15, -0.1) is 0 Å². The Hall–Kier alpha value is -4.86. The summed E-state index contributed by atoms with van der Waals surface area (Å²) in [6, 6.07) is 18.1. The second-order valence-electron chi connectivity index (χ2n) is 8.01. The van der Waals surface area contributed by atoms with Gasteiger partial charge in [-0.3, -0.25) is 9.59 Å². The number of ether oxygens (including phenoxy) is 4. The van der Waals surface area contributed by atoms with Gasteiger partial charge in [0.15, 0.2) is 11.5 Å². The summed E-state index contributed by atoms with van der Waals surface area (Å²) in [5, 5.41) is 6.31. The Labute approximate surface area is 226 Å². The molecular weight excluding hydrogens is 502 g/mol. The molecule has 0 spiro atoms. The fraction of sp³-hybridized carbons (Fsp3) is 0.241. The highest BCUT2D eigenvalue weighted by Gasteiger charge is 2.15. The zero-order valence-corrected chi connectivity index (χ0v) is 22.1. The molecule has 3 aromatic rings. The van der Waals surface area contributed by atoms with Gasteiger partial charge in [0.2, 0.25) is 0 Å². The van der Waals surface area contributed by atoms with E-state index in [1.54, 1.807) is 73.7 Å². The van der Waals surface area contributed by atoms with Crippen LogP contribution in [0.15, 0.2) is 71.8 Å². The number of hydrogen-bond acceptors (Lipinski definition) is 8. The highest BCUT2D eigenvalue weighted by atomic mass is 16.6. The molecule has 0 aliphatic heterocycles. The number of hydrogen-bond donors (Lipinski definition) is 2. The molecule has 10 heteroatoms. The molecule has 0 aromatic heterocycles. The number of esters is 1.